The molecule has 1 aromatic heterocycles. The number of nitrogens with zero attached hydrogens (tertiary/aromatic N) is 2. The van der Waals surface area contributed by atoms with Gasteiger partial charge in [0.25, 0.3) is 0 Å². The first kappa shape index (κ1) is 16.0. The molecule has 3 rings (SSSR count). The quantitative estimate of drug-likeness (QED) is 0.880. The van der Waals surface area contributed by atoms with Crippen LogP contribution in [0, 0.1) is 6.92 Å². The lowest BCUT2D eigenvalue weighted by Gasteiger charge is -2.13. The Morgan fingerprint density at radius 2 is 2.13 bits per heavy atom. The van der Waals surface area contributed by atoms with Crippen molar-refractivity contribution in [2.24, 2.45) is 0 Å². The lowest BCUT2D eigenvalue weighted by atomic mass is 10.2. The van der Waals surface area contributed by atoms with Crippen LogP contribution in [0.25, 0.3) is 0 Å². The van der Waals surface area contributed by atoms with E-state index in [1.54, 1.807) is 12.3 Å². The second-order valence-corrected chi connectivity index (χ2v) is 8.26. The van der Waals surface area contributed by atoms with Gasteiger partial charge in [-0.05, 0) is 37.1 Å². The van der Waals surface area contributed by atoms with Crippen molar-refractivity contribution in [1.82, 2.24) is 9.97 Å². The second kappa shape index (κ2) is 6.33. The van der Waals surface area contributed by atoms with Crippen LogP contribution in [0.2, 0.25) is 5.02 Å². The first-order valence-corrected chi connectivity index (χ1v) is 9.44. The molecule has 0 saturated carbocycles. The predicted molar refractivity (Wildman–Crippen MR) is 92.2 cm³/mol. The number of nitrogens with one attached hydrogen (secondary N) is 2. The van der Waals surface area contributed by atoms with Gasteiger partial charge in [0, 0.05) is 22.9 Å². The Bertz CT molecular complexity index is 826. The minimum absolute atomic E-state index is 0.126. The van der Waals surface area contributed by atoms with Gasteiger partial charge >= 0.3 is 0 Å². The lowest BCUT2D eigenvalue weighted by Crippen LogP contribution is -2.22. The Labute approximate surface area is 140 Å². The van der Waals surface area contributed by atoms with Crippen molar-refractivity contribution >= 4 is 38.9 Å². The highest BCUT2D eigenvalue weighted by Gasteiger charge is 2.28. The average molecular weight is 353 g/mol. The van der Waals surface area contributed by atoms with Crippen LogP contribution in [0.3, 0.4) is 0 Å². The van der Waals surface area contributed by atoms with Gasteiger partial charge in [-0.2, -0.15) is 4.98 Å². The lowest BCUT2D eigenvalue weighted by molar-refractivity contribution is 0.602. The van der Waals surface area contributed by atoms with Crippen molar-refractivity contribution in [3.05, 3.63) is 41.0 Å². The summed E-state index contributed by atoms with van der Waals surface area (Å²) in [5.74, 6) is 1.37. The molecule has 0 radical (unpaired) electrons. The molecule has 0 bridgehead atoms. The normalized spacial score (nSPS) is 19.5. The van der Waals surface area contributed by atoms with Crippen molar-refractivity contribution in [2.45, 2.75) is 19.4 Å². The number of aryl methyl sites for hydroxylation is 1. The molecule has 0 spiro atoms. The molecule has 1 aliphatic heterocycles. The van der Waals surface area contributed by atoms with E-state index in [2.05, 4.69) is 20.6 Å². The third-order valence-corrected chi connectivity index (χ3v) is 5.69. The Hall–Kier alpha value is -1.86. The highest BCUT2D eigenvalue weighted by atomic mass is 35.5. The van der Waals surface area contributed by atoms with Gasteiger partial charge in [-0.15, -0.1) is 0 Å². The zero-order valence-electron chi connectivity index (χ0n) is 12.6. The molecule has 8 heteroatoms. The van der Waals surface area contributed by atoms with E-state index in [-0.39, 0.29) is 17.5 Å². The summed E-state index contributed by atoms with van der Waals surface area (Å²) < 4.78 is 23.0. The molecule has 6 nitrogen and oxygen atoms in total. The molecule has 1 atom stereocenters. The van der Waals surface area contributed by atoms with Gasteiger partial charge in [0.2, 0.25) is 5.95 Å². The van der Waals surface area contributed by atoms with Gasteiger partial charge in [0.1, 0.15) is 5.82 Å². The molecule has 0 amide bonds. The van der Waals surface area contributed by atoms with Crippen LogP contribution < -0.4 is 10.6 Å². The summed E-state index contributed by atoms with van der Waals surface area (Å²) in [6.07, 6.45) is 2.21. The summed E-state index contributed by atoms with van der Waals surface area (Å²) >= 11 is 6.01. The number of hydrogen-bond acceptors (Lipinski definition) is 6. The molecule has 1 aromatic carbocycles. The fourth-order valence-electron chi connectivity index (χ4n) is 2.46. The van der Waals surface area contributed by atoms with E-state index < -0.39 is 9.84 Å². The molecule has 0 aliphatic carbocycles. The number of benzene rings is 1. The van der Waals surface area contributed by atoms with Crippen molar-refractivity contribution in [1.29, 1.82) is 0 Å². The van der Waals surface area contributed by atoms with E-state index >= 15 is 0 Å². The standard InChI is InChI=1S/C15H17ClN4O2S/c1-10-2-3-11(16)8-13(10)19-14-4-6-17-15(20-14)18-12-5-7-23(21,22)9-12/h2-4,6,8,12H,5,7,9H2,1H3,(H2,17,18,19,20). The number of sulfone groups is 1. The van der Waals surface area contributed by atoms with Crippen molar-refractivity contribution in [2.75, 3.05) is 22.1 Å². The smallest absolute Gasteiger partial charge is 0.224 e. The minimum Gasteiger partial charge on any atom is -0.350 e. The molecule has 2 aromatic rings. The molecule has 1 aliphatic rings. The van der Waals surface area contributed by atoms with E-state index in [1.165, 1.54) is 0 Å². The summed E-state index contributed by atoms with van der Waals surface area (Å²) in [7, 11) is -2.93. The van der Waals surface area contributed by atoms with Crippen molar-refractivity contribution in [3.8, 4) is 0 Å². The fourth-order valence-corrected chi connectivity index (χ4v) is 4.30. The van der Waals surface area contributed by atoms with Gasteiger partial charge in [-0.3, -0.25) is 0 Å². The first-order chi connectivity index (χ1) is 10.9. The Morgan fingerprint density at radius 1 is 1.30 bits per heavy atom. The molecule has 23 heavy (non-hydrogen) atoms. The molecule has 2 N–H and O–H groups in total. The van der Waals surface area contributed by atoms with E-state index in [4.69, 9.17) is 11.6 Å². The van der Waals surface area contributed by atoms with Gasteiger partial charge in [0.15, 0.2) is 9.84 Å². The maximum absolute atomic E-state index is 11.5. The Balaban J connectivity index is 1.74. The fraction of sp³-hybridized carbons (Fsp3) is 0.333. The van der Waals surface area contributed by atoms with E-state index in [0.717, 1.165) is 11.3 Å². The number of halogens is 1. The van der Waals surface area contributed by atoms with E-state index in [0.29, 0.717) is 23.2 Å². The summed E-state index contributed by atoms with van der Waals surface area (Å²) in [6, 6.07) is 7.19. The van der Waals surface area contributed by atoms with Gasteiger partial charge in [-0.25, -0.2) is 13.4 Å². The average Bonchev–Trinajstić information content (AvgIpc) is 2.82. The number of hydrogen-bond donors (Lipinski definition) is 2. The number of rotatable bonds is 4. The van der Waals surface area contributed by atoms with Gasteiger partial charge < -0.3 is 10.6 Å². The maximum atomic E-state index is 11.5. The summed E-state index contributed by atoms with van der Waals surface area (Å²) in [5.41, 5.74) is 1.91. The second-order valence-electron chi connectivity index (χ2n) is 5.59. The van der Waals surface area contributed by atoms with Gasteiger partial charge in [0.05, 0.1) is 11.5 Å². The summed E-state index contributed by atoms with van der Waals surface area (Å²) in [5, 5.41) is 6.92. The van der Waals surface area contributed by atoms with Crippen LogP contribution in [0.4, 0.5) is 17.5 Å². The maximum Gasteiger partial charge on any atom is 0.224 e. The molecule has 122 valence electrons. The van der Waals surface area contributed by atoms with Crippen molar-refractivity contribution in [3.63, 3.8) is 0 Å². The third kappa shape index (κ3) is 4.11. The molecular weight excluding hydrogens is 336 g/mol. The van der Waals surface area contributed by atoms with Crippen LogP contribution in [-0.2, 0) is 9.84 Å². The van der Waals surface area contributed by atoms with Crippen LogP contribution in [0.5, 0.6) is 0 Å². The molecule has 1 unspecified atom stereocenters. The van der Waals surface area contributed by atoms with E-state index in [1.807, 2.05) is 25.1 Å². The highest BCUT2D eigenvalue weighted by molar-refractivity contribution is 7.91. The highest BCUT2D eigenvalue weighted by Crippen LogP contribution is 2.24. The predicted octanol–water partition coefficient (Wildman–Crippen LogP) is 2.78. The van der Waals surface area contributed by atoms with Crippen LogP contribution in [0.15, 0.2) is 30.5 Å². The molecule has 1 fully saturated rings. The zero-order chi connectivity index (χ0) is 16.4. The zero-order valence-corrected chi connectivity index (χ0v) is 14.2. The third-order valence-electron chi connectivity index (χ3n) is 3.68. The molecular formula is C15H17ClN4O2S. The topological polar surface area (TPSA) is 84.0 Å². The number of aromatic nitrogens is 2. The Kier molecular flexibility index (Phi) is 4.41. The van der Waals surface area contributed by atoms with Crippen LogP contribution in [0.1, 0.15) is 12.0 Å². The molecule has 2 heterocycles. The summed E-state index contributed by atoms with van der Waals surface area (Å²) in [6.45, 7) is 1.97. The minimum atomic E-state index is -2.93. The monoisotopic (exact) mass is 352 g/mol. The largest absolute Gasteiger partial charge is 0.350 e. The van der Waals surface area contributed by atoms with Crippen LogP contribution in [-0.4, -0.2) is 35.9 Å². The van der Waals surface area contributed by atoms with Crippen molar-refractivity contribution < 1.29 is 8.42 Å². The van der Waals surface area contributed by atoms with Gasteiger partial charge in [-0.1, -0.05) is 17.7 Å². The van der Waals surface area contributed by atoms with E-state index in [9.17, 15) is 8.42 Å². The first-order valence-electron chi connectivity index (χ1n) is 7.24. The SMILES string of the molecule is Cc1ccc(Cl)cc1Nc1ccnc(NC2CCS(=O)(=O)C2)n1. The number of anilines is 3. The summed E-state index contributed by atoms with van der Waals surface area (Å²) in [4.78, 5) is 8.53. The van der Waals surface area contributed by atoms with Crippen LogP contribution >= 0.6 is 11.6 Å². The molecule has 1 saturated heterocycles. The Morgan fingerprint density at radius 3 is 2.87 bits per heavy atom.